The minimum Gasteiger partial charge on any atom is -0.335 e. The molecule has 0 fully saturated rings. The molecule has 0 unspecified atom stereocenters. The lowest BCUT2D eigenvalue weighted by atomic mass is 10.1. The SMILES string of the molecule is CCCCC(=O)Nc1cncc(-c2cnc3[nH]nc(-c4nc5c(-c6ccccc6F)cncc5[nH]4)c3c2)c1. The second-order valence-electron chi connectivity index (χ2n) is 8.95. The third-order valence-electron chi connectivity index (χ3n) is 6.31. The van der Waals surface area contributed by atoms with E-state index in [2.05, 4.69) is 35.5 Å². The van der Waals surface area contributed by atoms with Crippen molar-refractivity contribution in [2.24, 2.45) is 0 Å². The number of benzene rings is 1. The predicted octanol–water partition coefficient (Wildman–Crippen LogP) is 5.89. The molecule has 0 aliphatic heterocycles. The Morgan fingerprint density at radius 3 is 2.71 bits per heavy atom. The molecule has 6 aromatic rings. The summed E-state index contributed by atoms with van der Waals surface area (Å²) in [4.78, 5) is 33.3. The van der Waals surface area contributed by atoms with Crippen molar-refractivity contribution >= 4 is 33.7 Å². The lowest BCUT2D eigenvalue weighted by Crippen LogP contribution is -2.11. The lowest BCUT2D eigenvalue weighted by molar-refractivity contribution is -0.116. The molecule has 1 aromatic carbocycles. The first-order valence-corrected chi connectivity index (χ1v) is 12.3. The van der Waals surface area contributed by atoms with Gasteiger partial charge in [0.15, 0.2) is 11.5 Å². The first kappa shape index (κ1) is 23.4. The predicted molar refractivity (Wildman–Crippen MR) is 144 cm³/mol. The van der Waals surface area contributed by atoms with Gasteiger partial charge in [0.1, 0.15) is 17.0 Å². The number of aromatic nitrogens is 7. The number of anilines is 1. The van der Waals surface area contributed by atoms with Crippen LogP contribution in [0.4, 0.5) is 10.1 Å². The van der Waals surface area contributed by atoms with E-state index in [1.807, 2.05) is 19.1 Å². The van der Waals surface area contributed by atoms with Gasteiger partial charge in [-0.05, 0) is 24.6 Å². The van der Waals surface area contributed by atoms with Gasteiger partial charge in [-0.25, -0.2) is 14.4 Å². The number of carbonyl (C=O) groups excluding carboxylic acids is 1. The van der Waals surface area contributed by atoms with Gasteiger partial charge in [-0.2, -0.15) is 5.10 Å². The van der Waals surface area contributed by atoms with Crippen LogP contribution in [-0.2, 0) is 4.79 Å². The van der Waals surface area contributed by atoms with Crippen LogP contribution < -0.4 is 5.32 Å². The molecule has 188 valence electrons. The number of pyridine rings is 3. The van der Waals surface area contributed by atoms with Crippen molar-refractivity contribution in [3.05, 3.63) is 73.2 Å². The standard InChI is InChI=1S/C28H23FN8O/c1-2-3-8-24(38)33-18-9-16(11-30-13-18)17-10-20-26(36-37-27(20)32-12-17)28-34-23-15-31-14-21(25(23)35-28)19-6-4-5-7-22(19)29/h4-7,9-15H,2-3,8H2,1H3,(H,33,38)(H,34,35)(H,32,36,37). The number of imidazole rings is 1. The number of halogens is 1. The molecule has 0 saturated carbocycles. The highest BCUT2D eigenvalue weighted by molar-refractivity contribution is 5.97. The highest BCUT2D eigenvalue weighted by atomic mass is 19.1. The van der Waals surface area contributed by atoms with E-state index >= 15 is 0 Å². The Balaban J connectivity index is 1.38. The fourth-order valence-electron chi connectivity index (χ4n) is 4.39. The topological polar surface area (TPSA) is 125 Å². The molecule has 0 aliphatic carbocycles. The Labute approximate surface area is 216 Å². The summed E-state index contributed by atoms with van der Waals surface area (Å²) in [6.07, 6.45) is 10.6. The zero-order valence-electron chi connectivity index (χ0n) is 20.5. The van der Waals surface area contributed by atoms with Gasteiger partial charge in [0, 0.05) is 47.3 Å². The molecule has 0 bridgehead atoms. The molecule has 0 saturated heterocycles. The van der Waals surface area contributed by atoms with Gasteiger partial charge in [-0.15, -0.1) is 0 Å². The third-order valence-corrected chi connectivity index (χ3v) is 6.31. The molecular formula is C28H23FN8O. The van der Waals surface area contributed by atoms with Crippen molar-refractivity contribution < 1.29 is 9.18 Å². The second kappa shape index (κ2) is 9.81. The van der Waals surface area contributed by atoms with Gasteiger partial charge in [-0.3, -0.25) is 19.9 Å². The molecule has 0 radical (unpaired) electrons. The van der Waals surface area contributed by atoms with Crippen LogP contribution in [0.2, 0.25) is 0 Å². The quantitative estimate of drug-likeness (QED) is 0.248. The zero-order valence-corrected chi connectivity index (χ0v) is 20.5. The van der Waals surface area contributed by atoms with Crippen LogP contribution in [0.5, 0.6) is 0 Å². The number of rotatable bonds is 7. The van der Waals surface area contributed by atoms with Crippen LogP contribution in [0.3, 0.4) is 0 Å². The second-order valence-corrected chi connectivity index (χ2v) is 8.95. The van der Waals surface area contributed by atoms with Crippen molar-refractivity contribution in [1.82, 2.24) is 35.1 Å². The van der Waals surface area contributed by atoms with Crippen LogP contribution >= 0.6 is 0 Å². The summed E-state index contributed by atoms with van der Waals surface area (Å²) in [6, 6.07) is 10.4. The molecule has 0 atom stereocenters. The molecule has 0 spiro atoms. The van der Waals surface area contributed by atoms with Crippen molar-refractivity contribution in [1.29, 1.82) is 0 Å². The van der Waals surface area contributed by atoms with Crippen LogP contribution in [0.1, 0.15) is 26.2 Å². The Hall–Kier alpha value is -4.99. The monoisotopic (exact) mass is 506 g/mol. The minimum absolute atomic E-state index is 0.0365. The molecule has 5 heterocycles. The molecule has 5 aromatic heterocycles. The molecule has 3 N–H and O–H groups in total. The number of unbranched alkanes of at least 4 members (excludes halogenated alkanes) is 1. The zero-order chi connectivity index (χ0) is 26.1. The van der Waals surface area contributed by atoms with Gasteiger partial charge in [0.25, 0.3) is 0 Å². The number of nitrogens with zero attached hydrogens (tertiary/aromatic N) is 5. The van der Waals surface area contributed by atoms with Gasteiger partial charge >= 0.3 is 0 Å². The minimum atomic E-state index is -0.345. The Morgan fingerprint density at radius 2 is 1.84 bits per heavy atom. The van der Waals surface area contributed by atoms with E-state index < -0.39 is 0 Å². The van der Waals surface area contributed by atoms with E-state index in [1.54, 1.807) is 49.2 Å². The van der Waals surface area contributed by atoms with E-state index in [0.717, 1.165) is 29.4 Å². The summed E-state index contributed by atoms with van der Waals surface area (Å²) < 4.78 is 14.5. The fourth-order valence-corrected chi connectivity index (χ4v) is 4.39. The van der Waals surface area contributed by atoms with E-state index in [9.17, 15) is 9.18 Å². The molecule has 0 aliphatic rings. The van der Waals surface area contributed by atoms with Crippen LogP contribution in [0.15, 0.2) is 67.4 Å². The maximum absolute atomic E-state index is 14.5. The Bertz CT molecular complexity index is 1790. The number of hydrogen-bond acceptors (Lipinski definition) is 6. The Morgan fingerprint density at radius 1 is 1.00 bits per heavy atom. The molecule has 1 amide bonds. The smallest absolute Gasteiger partial charge is 0.224 e. The maximum atomic E-state index is 14.5. The summed E-state index contributed by atoms with van der Waals surface area (Å²) in [6.45, 7) is 2.05. The fraction of sp³-hybridized carbons (Fsp3) is 0.143. The van der Waals surface area contributed by atoms with Crippen LogP contribution in [0, 0.1) is 5.82 Å². The average molecular weight is 507 g/mol. The maximum Gasteiger partial charge on any atom is 0.224 e. The van der Waals surface area contributed by atoms with E-state index in [0.29, 0.717) is 51.4 Å². The third kappa shape index (κ3) is 4.36. The van der Waals surface area contributed by atoms with Crippen LogP contribution in [0.25, 0.3) is 55.8 Å². The number of amides is 1. The van der Waals surface area contributed by atoms with Gasteiger partial charge in [-0.1, -0.05) is 31.5 Å². The number of nitrogens with one attached hydrogen (secondary N) is 3. The average Bonchev–Trinajstić information content (AvgIpc) is 3.56. The summed E-state index contributed by atoms with van der Waals surface area (Å²) in [5.41, 5.74) is 5.67. The highest BCUT2D eigenvalue weighted by Gasteiger charge is 2.18. The largest absolute Gasteiger partial charge is 0.335 e. The number of hydrogen-bond donors (Lipinski definition) is 3. The first-order chi connectivity index (χ1) is 18.6. The molecule has 10 heteroatoms. The van der Waals surface area contributed by atoms with E-state index in [1.165, 1.54) is 6.07 Å². The van der Waals surface area contributed by atoms with Crippen molar-refractivity contribution in [3.8, 4) is 33.8 Å². The van der Waals surface area contributed by atoms with E-state index in [4.69, 9.17) is 4.98 Å². The van der Waals surface area contributed by atoms with Gasteiger partial charge in [0.05, 0.1) is 29.0 Å². The van der Waals surface area contributed by atoms with Gasteiger partial charge in [0.2, 0.25) is 5.91 Å². The van der Waals surface area contributed by atoms with Crippen molar-refractivity contribution in [2.75, 3.05) is 5.32 Å². The number of fused-ring (bicyclic) bond motifs is 2. The molecule has 6 rings (SSSR count). The van der Waals surface area contributed by atoms with Crippen molar-refractivity contribution in [2.45, 2.75) is 26.2 Å². The number of aromatic amines is 2. The Kier molecular flexibility index (Phi) is 6.04. The van der Waals surface area contributed by atoms with Crippen LogP contribution in [-0.4, -0.2) is 41.0 Å². The normalized spacial score (nSPS) is 11.3. The summed E-state index contributed by atoms with van der Waals surface area (Å²) in [5, 5.41) is 11.1. The number of H-pyrrole nitrogens is 2. The number of carbonyl (C=O) groups is 1. The summed E-state index contributed by atoms with van der Waals surface area (Å²) >= 11 is 0. The lowest BCUT2D eigenvalue weighted by Gasteiger charge is -2.07. The summed E-state index contributed by atoms with van der Waals surface area (Å²) in [7, 11) is 0. The molecule has 9 nitrogen and oxygen atoms in total. The molecular weight excluding hydrogens is 483 g/mol. The summed E-state index contributed by atoms with van der Waals surface area (Å²) in [5.74, 6) is 0.124. The highest BCUT2D eigenvalue weighted by Crippen LogP contribution is 2.33. The van der Waals surface area contributed by atoms with Gasteiger partial charge < -0.3 is 10.3 Å². The first-order valence-electron chi connectivity index (χ1n) is 12.3. The van der Waals surface area contributed by atoms with E-state index in [-0.39, 0.29) is 11.7 Å². The molecule has 38 heavy (non-hydrogen) atoms. The van der Waals surface area contributed by atoms with Crippen molar-refractivity contribution in [3.63, 3.8) is 0 Å².